The van der Waals surface area contributed by atoms with Crippen molar-refractivity contribution in [2.75, 3.05) is 0 Å². The molecule has 1 amide bonds. The van der Waals surface area contributed by atoms with Crippen LogP contribution in [0.2, 0.25) is 0 Å². The summed E-state index contributed by atoms with van der Waals surface area (Å²) in [5, 5.41) is 11.6. The Morgan fingerprint density at radius 1 is 1.00 bits per heavy atom. The first-order valence-electron chi connectivity index (χ1n) is 9.03. The molecule has 0 unspecified atom stereocenters. The summed E-state index contributed by atoms with van der Waals surface area (Å²) in [7, 11) is 0. The zero-order valence-electron chi connectivity index (χ0n) is 15.9. The zero-order valence-corrected chi connectivity index (χ0v) is 17.5. The second-order valence-electron chi connectivity index (χ2n) is 6.40. The second-order valence-corrected chi connectivity index (χ2v) is 7.26. The van der Waals surface area contributed by atoms with Crippen LogP contribution < -0.4 is 10.1 Å². The lowest BCUT2D eigenvalue weighted by Crippen LogP contribution is -2.28. The maximum Gasteiger partial charge on any atom is 0.352 e. The van der Waals surface area contributed by atoms with E-state index >= 15 is 0 Å². The Morgan fingerprint density at radius 3 is 2.39 bits per heavy atom. The Bertz CT molecular complexity index is 1150. The van der Waals surface area contributed by atoms with E-state index in [0.717, 1.165) is 10.5 Å². The van der Waals surface area contributed by atoms with E-state index in [1.54, 1.807) is 30.3 Å². The molecule has 0 aliphatic heterocycles. The normalized spacial score (nSPS) is 11.1. The van der Waals surface area contributed by atoms with Gasteiger partial charge in [0, 0.05) is 5.56 Å². The van der Waals surface area contributed by atoms with Crippen LogP contribution in [0.4, 0.5) is 8.78 Å². The third-order valence-corrected chi connectivity index (χ3v) is 4.80. The summed E-state index contributed by atoms with van der Waals surface area (Å²) in [6.45, 7) is 0. The van der Waals surface area contributed by atoms with Gasteiger partial charge in [-0.05, 0) is 57.9 Å². The van der Waals surface area contributed by atoms with Crippen LogP contribution in [0.15, 0.2) is 76.9 Å². The van der Waals surface area contributed by atoms with Gasteiger partial charge >= 0.3 is 5.97 Å². The Labute approximate surface area is 185 Å². The van der Waals surface area contributed by atoms with Crippen LogP contribution in [-0.4, -0.2) is 17.0 Å². The molecule has 0 saturated carbocycles. The monoisotopic (exact) mass is 487 g/mol. The van der Waals surface area contributed by atoms with Crippen molar-refractivity contribution in [3.63, 3.8) is 0 Å². The van der Waals surface area contributed by atoms with E-state index in [9.17, 15) is 23.5 Å². The Balaban J connectivity index is 1.71. The van der Waals surface area contributed by atoms with E-state index < -0.39 is 35.6 Å². The van der Waals surface area contributed by atoms with Gasteiger partial charge in [0.2, 0.25) is 5.91 Å². The molecule has 0 atom stereocenters. The number of rotatable bonds is 7. The van der Waals surface area contributed by atoms with Gasteiger partial charge < -0.3 is 15.2 Å². The lowest BCUT2D eigenvalue weighted by atomic mass is 10.1. The van der Waals surface area contributed by atoms with Gasteiger partial charge in [-0.3, -0.25) is 4.79 Å². The SMILES string of the molecule is O=C(Cc1cccc(F)c1F)N/C(=C/c1ccc(Oc2ccccc2Br)cc1)C(=O)O. The predicted octanol–water partition coefficient (Wildman–Crippen LogP) is 5.30. The molecule has 0 radical (unpaired) electrons. The largest absolute Gasteiger partial charge is 0.477 e. The first-order chi connectivity index (χ1) is 14.8. The smallest absolute Gasteiger partial charge is 0.352 e. The molecular formula is C23H16BrF2NO4. The highest BCUT2D eigenvalue weighted by Gasteiger charge is 2.15. The zero-order chi connectivity index (χ0) is 22.4. The van der Waals surface area contributed by atoms with E-state index in [0.29, 0.717) is 17.1 Å². The molecule has 0 spiro atoms. The van der Waals surface area contributed by atoms with Crippen molar-refractivity contribution in [2.24, 2.45) is 0 Å². The first kappa shape index (κ1) is 22.2. The highest BCUT2D eigenvalue weighted by molar-refractivity contribution is 9.10. The first-order valence-corrected chi connectivity index (χ1v) is 9.83. The molecular weight excluding hydrogens is 472 g/mol. The number of amides is 1. The molecule has 0 aliphatic carbocycles. The quantitative estimate of drug-likeness (QED) is 0.443. The highest BCUT2D eigenvalue weighted by Crippen LogP contribution is 2.29. The average Bonchev–Trinajstić information content (AvgIpc) is 2.74. The second kappa shape index (κ2) is 9.99. The van der Waals surface area contributed by atoms with Crippen LogP contribution in [0.1, 0.15) is 11.1 Å². The van der Waals surface area contributed by atoms with Crippen molar-refractivity contribution in [3.8, 4) is 11.5 Å². The van der Waals surface area contributed by atoms with Gasteiger partial charge in [0.15, 0.2) is 11.6 Å². The van der Waals surface area contributed by atoms with E-state index in [-0.39, 0.29) is 5.56 Å². The molecule has 0 bridgehead atoms. The number of para-hydroxylation sites is 1. The molecule has 0 heterocycles. The number of hydrogen-bond donors (Lipinski definition) is 2. The molecule has 5 nitrogen and oxygen atoms in total. The molecule has 3 aromatic carbocycles. The van der Waals surface area contributed by atoms with Gasteiger partial charge in [-0.2, -0.15) is 0 Å². The Kier molecular flexibility index (Phi) is 7.15. The van der Waals surface area contributed by atoms with Gasteiger partial charge in [-0.15, -0.1) is 0 Å². The number of aliphatic carboxylic acids is 1. The Hall–Kier alpha value is -3.52. The molecule has 8 heteroatoms. The van der Waals surface area contributed by atoms with Crippen LogP contribution in [0.5, 0.6) is 11.5 Å². The third kappa shape index (κ3) is 5.99. The number of benzene rings is 3. The summed E-state index contributed by atoms with van der Waals surface area (Å²) >= 11 is 3.39. The lowest BCUT2D eigenvalue weighted by molar-refractivity contribution is -0.134. The van der Waals surface area contributed by atoms with Crippen molar-refractivity contribution in [1.29, 1.82) is 0 Å². The van der Waals surface area contributed by atoms with Gasteiger partial charge in [-0.25, -0.2) is 13.6 Å². The summed E-state index contributed by atoms with van der Waals surface area (Å²) < 4.78 is 33.5. The fourth-order valence-electron chi connectivity index (χ4n) is 2.66. The number of carbonyl (C=O) groups is 2. The van der Waals surface area contributed by atoms with E-state index in [4.69, 9.17) is 4.74 Å². The fraction of sp³-hybridized carbons (Fsp3) is 0.0435. The maximum atomic E-state index is 13.7. The maximum absolute atomic E-state index is 13.7. The number of halogens is 3. The van der Waals surface area contributed by atoms with Crippen LogP contribution in [0.25, 0.3) is 6.08 Å². The number of hydrogen-bond acceptors (Lipinski definition) is 3. The van der Waals surface area contributed by atoms with Crippen molar-refractivity contribution in [2.45, 2.75) is 6.42 Å². The van der Waals surface area contributed by atoms with Crippen molar-refractivity contribution >= 4 is 33.9 Å². The molecule has 0 aromatic heterocycles. The Morgan fingerprint density at radius 2 is 1.71 bits per heavy atom. The van der Waals surface area contributed by atoms with Gasteiger partial charge in [0.1, 0.15) is 17.2 Å². The van der Waals surface area contributed by atoms with Crippen molar-refractivity contribution in [3.05, 3.63) is 99.7 Å². The minimum Gasteiger partial charge on any atom is -0.477 e. The molecule has 0 aliphatic rings. The molecule has 158 valence electrons. The highest BCUT2D eigenvalue weighted by atomic mass is 79.9. The number of ether oxygens (including phenoxy) is 1. The van der Waals surface area contributed by atoms with Crippen LogP contribution in [-0.2, 0) is 16.0 Å². The van der Waals surface area contributed by atoms with Gasteiger partial charge in [0.05, 0.1) is 10.9 Å². The molecule has 3 aromatic rings. The van der Waals surface area contributed by atoms with Crippen LogP contribution in [0.3, 0.4) is 0 Å². The number of carboxylic acid groups (broad SMARTS) is 1. The fourth-order valence-corrected chi connectivity index (χ4v) is 3.02. The third-order valence-electron chi connectivity index (χ3n) is 4.14. The number of carbonyl (C=O) groups excluding carboxylic acids is 1. The molecule has 3 rings (SSSR count). The van der Waals surface area contributed by atoms with E-state index in [1.165, 1.54) is 18.2 Å². The minimum absolute atomic E-state index is 0.171. The number of carboxylic acids is 1. The summed E-state index contributed by atoms with van der Waals surface area (Å²) in [5.74, 6) is -3.22. The standard InChI is InChI=1S/C23H16BrF2NO4/c24-17-5-1-2-7-20(17)31-16-10-8-14(9-11-16)12-19(23(29)30)27-21(28)13-15-4-3-6-18(25)22(15)26/h1-12H,13H2,(H,27,28)(H,29,30)/b19-12+. The molecule has 0 saturated heterocycles. The molecule has 31 heavy (non-hydrogen) atoms. The van der Waals surface area contributed by atoms with E-state index in [1.807, 2.05) is 18.2 Å². The average molecular weight is 488 g/mol. The van der Waals surface area contributed by atoms with Gasteiger partial charge in [0.25, 0.3) is 0 Å². The van der Waals surface area contributed by atoms with Crippen LogP contribution in [0, 0.1) is 11.6 Å². The number of nitrogens with one attached hydrogen (secondary N) is 1. The van der Waals surface area contributed by atoms with E-state index in [2.05, 4.69) is 21.2 Å². The molecule has 2 N–H and O–H groups in total. The van der Waals surface area contributed by atoms with Crippen LogP contribution >= 0.6 is 15.9 Å². The van der Waals surface area contributed by atoms with Crippen molar-refractivity contribution < 1.29 is 28.2 Å². The van der Waals surface area contributed by atoms with Crippen molar-refractivity contribution in [1.82, 2.24) is 5.32 Å². The summed E-state index contributed by atoms with van der Waals surface area (Å²) in [5.41, 5.74) is -0.0776. The summed E-state index contributed by atoms with van der Waals surface area (Å²) in [6.07, 6.45) is 0.747. The summed E-state index contributed by atoms with van der Waals surface area (Å²) in [6, 6.07) is 17.3. The molecule has 0 fully saturated rings. The predicted molar refractivity (Wildman–Crippen MR) is 114 cm³/mol. The van der Waals surface area contributed by atoms with Gasteiger partial charge in [-0.1, -0.05) is 36.4 Å². The lowest BCUT2D eigenvalue weighted by Gasteiger charge is -2.09. The minimum atomic E-state index is -1.37. The topological polar surface area (TPSA) is 75.6 Å². The summed E-state index contributed by atoms with van der Waals surface area (Å²) in [4.78, 5) is 23.7.